The van der Waals surface area contributed by atoms with Gasteiger partial charge in [0.15, 0.2) is 0 Å². The van der Waals surface area contributed by atoms with E-state index in [9.17, 15) is 8.42 Å². The molecule has 0 saturated carbocycles. The molecule has 0 aromatic rings. The SMILES string of the molecule is CCC(N(C)C)S(=O)(=O)NC. The van der Waals surface area contributed by atoms with Crippen molar-refractivity contribution >= 4 is 10.0 Å². The topological polar surface area (TPSA) is 49.4 Å². The number of rotatable bonds is 4. The average molecular weight is 180 g/mol. The van der Waals surface area contributed by atoms with Crippen molar-refractivity contribution in [3.05, 3.63) is 0 Å². The summed E-state index contributed by atoms with van der Waals surface area (Å²) in [6.45, 7) is 1.85. The maximum atomic E-state index is 11.2. The lowest BCUT2D eigenvalue weighted by molar-refractivity contribution is 0.354. The molecule has 5 heteroatoms. The molecule has 68 valence electrons. The Bertz CT molecular complexity index is 199. The quantitative estimate of drug-likeness (QED) is 0.653. The highest BCUT2D eigenvalue weighted by Crippen LogP contribution is 2.05. The molecule has 11 heavy (non-hydrogen) atoms. The van der Waals surface area contributed by atoms with Crippen molar-refractivity contribution < 1.29 is 8.42 Å². The van der Waals surface area contributed by atoms with Gasteiger partial charge in [0.05, 0.1) is 0 Å². The Morgan fingerprint density at radius 2 is 1.91 bits per heavy atom. The highest BCUT2D eigenvalue weighted by molar-refractivity contribution is 7.90. The lowest BCUT2D eigenvalue weighted by atomic mass is 10.4. The fourth-order valence-corrected chi connectivity index (χ4v) is 2.26. The second-order valence-corrected chi connectivity index (χ2v) is 4.62. The normalized spacial score (nSPS) is 15.4. The first-order chi connectivity index (χ1) is 4.95. The Hall–Kier alpha value is -0.130. The van der Waals surface area contributed by atoms with E-state index in [0.717, 1.165) is 0 Å². The van der Waals surface area contributed by atoms with Crippen LogP contribution in [0.2, 0.25) is 0 Å². The number of hydrogen-bond donors (Lipinski definition) is 1. The molecular formula is C6H16N2O2S. The van der Waals surface area contributed by atoms with Gasteiger partial charge in [0.2, 0.25) is 10.0 Å². The molecule has 0 aliphatic rings. The lowest BCUT2D eigenvalue weighted by Crippen LogP contribution is -2.41. The van der Waals surface area contributed by atoms with Crippen LogP contribution in [0.25, 0.3) is 0 Å². The summed E-state index contributed by atoms with van der Waals surface area (Å²) in [7, 11) is 1.80. The van der Waals surface area contributed by atoms with Crippen molar-refractivity contribution in [2.24, 2.45) is 0 Å². The molecule has 1 atom stereocenters. The predicted octanol–water partition coefficient (Wildman–Crippen LogP) is -0.167. The Labute approximate surface area is 68.6 Å². The van der Waals surface area contributed by atoms with Gasteiger partial charge in [0, 0.05) is 0 Å². The molecule has 0 amide bonds. The molecule has 0 rings (SSSR count). The van der Waals surface area contributed by atoms with Crippen LogP contribution in [0.15, 0.2) is 0 Å². The average Bonchev–Trinajstić information content (AvgIpc) is 1.88. The van der Waals surface area contributed by atoms with Gasteiger partial charge < -0.3 is 0 Å². The van der Waals surface area contributed by atoms with Crippen LogP contribution in [0.4, 0.5) is 0 Å². The first kappa shape index (κ1) is 10.9. The highest BCUT2D eigenvalue weighted by Gasteiger charge is 2.23. The van der Waals surface area contributed by atoms with Crippen molar-refractivity contribution in [3.63, 3.8) is 0 Å². The minimum absolute atomic E-state index is 0.424. The molecule has 0 fully saturated rings. The highest BCUT2D eigenvalue weighted by atomic mass is 32.2. The third-order valence-corrected chi connectivity index (χ3v) is 3.61. The van der Waals surface area contributed by atoms with Crippen LogP contribution in [0.3, 0.4) is 0 Å². The summed E-state index contributed by atoms with van der Waals surface area (Å²) in [6.07, 6.45) is 0.593. The van der Waals surface area contributed by atoms with E-state index in [-0.39, 0.29) is 0 Å². The summed E-state index contributed by atoms with van der Waals surface area (Å²) in [4.78, 5) is 1.69. The Balaban J connectivity index is 4.51. The predicted molar refractivity (Wildman–Crippen MR) is 45.7 cm³/mol. The van der Waals surface area contributed by atoms with E-state index in [1.165, 1.54) is 7.05 Å². The van der Waals surface area contributed by atoms with Gasteiger partial charge in [-0.1, -0.05) is 6.92 Å². The monoisotopic (exact) mass is 180 g/mol. The Kier molecular flexibility index (Phi) is 3.99. The molecule has 0 saturated heterocycles. The number of nitrogens with zero attached hydrogens (tertiary/aromatic N) is 1. The van der Waals surface area contributed by atoms with E-state index < -0.39 is 15.4 Å². The summed E-state index contributed by atoms with van der Waals surface area (Å²) in [5.41, 5.74) is 0. The molecule has 0 bridgehead atoms. The molecular weight excluding hydrogens is 164 g/mol. The first-order valence-corrected chi connectivity index (χ1v) is 5.09. The van der Waals surface area contributed by atoms with Gasteiger partial charge in [0.25, 0.3) is 0 Å². The molecule has 0 aromatic carbocycles. The maximum absolute atomic E-state index is 11.2. The third kappa shape index (κ3) is 2.76. The smallest absolute Gasteiger partial charge is 0.227 e. The fourth-order valence-electron chi connectivity index (χ4n) is 0.998. The molecule has 0 aromatic heterocycles. The van der Waals surface area contributed by atoms with Crippen LogP contribution in [0.5, 0.6) is 0 Å². The van der Waals surface area contributed by atoms with Gasteiger partial charge in [-0.05, 0) is 27.6 Å². The van der Waals surface area contributed by atoms with Gasteiger partial charge in [-0.2, -0.15) is 0 Å². The minimum Gasteiger partial charge on any atom is -0.292 e. The lowest BCUT2D eigenvalue weighted by Gasteiger charge is -2.21. The first-order valence-electron chi connectivity index (χ1n) is 3.54. The zero-order valence-corrected chi connectivity index (χ0v) is 8.27. The van der Waals surface area contributed by atoms with Gasteiger partial charge in [-0.3, -0.25) is 4.90 Å². The number of sulfonamides is 1. The summed E-state index contributed by atoms with van der Waals surface area (Å²) >= 11 is 0. The van der Waals surface area contributed by atoms with Crippen LogP contribution in [-0.4, -0.2) is 39.8 Å². The Morgan fingerprint density at radius 1 is 1.45 bits per heavy atom. The minimum atomic E-state index is -3.13. The zero-order valence-electron chi connectivity index (χ0n) is 7.46. The van der Waals surface area contributed by atoms with Crippen molar-refractivity contribution in [1.29, 1.82) is 0 Å². The largest absolute Gasteiger partial charge is 0.292 e. The third-order valence-electron chi connectivity index (χ3n) is 1.57. The van der Waals surface area contributed by atoms with E-state index in [1.54, 1.807) is 19.0 Å². The second-order valence-electron chi connectivity index (χ2n) is 2.58. The van der Waals surface area contributed by atoms with E-state index in [0.29, 0.717) is 6.42 Å². The van der Waals surface area contributed by atoms with Crippen LogP contribution >= 0.6 is 0 Å². The van der Waals surface area contributed by atoms with Gasteiger partial charge in [-0.15, -0.1) is 0 Å². The number of nitrogens with one attached hydrogen (secondary N) is 1. The molecule has 1 N–H and O–H groups in total. The molecule has 0 heterocycles. The van der Waals surface area contributed by atoms with E-state index in [4.69, 9.17) is 0 Å². The summed E-state index contributed by atoms with van der Waals surface area (Å²) < 4.78 is 24.7. The summed E-state index contributed by atoms with van der Waals surface area (Å²) in [5, 5.41) is -0.424. The van der Waals surface area contributed by atoms with Crippen molar-refractivity contribution in [1.82, 2.24) is 9.62 Å². The van der Waals surface area contributed by atoms with Gasteiger partial charge >= 0.3 is 0 Å². The van der Waals surface area contributed by atoms with Crippen LogP contribution < -0.4 is 4.72 Å². The van der Waals surface area contributed by atoms with E-state index in [2.05, 4.69) is 4.72 Å². The maximum Gasteiger partial charge on any atom is 0.227 e. The van der Waals surface area contributed by atoms with Gasteiger partial charge in [0.1, 0.15) is 5.37 Å². The van der Waals surface area contributed by atoms with Gasteiger partial charge in [-0.25, -0.2) is 13.1 Å². The van der Waals surface area contributed by atoms with Crippen LogP contribution in [-0.2, 0) is 10.0 Å². The molecule has 4 nitrogen and oxygen atoms in total. The van der Waals surface area contributed by atoms with Crippen LogP contribution in [0, 0.1) is 0 Å². The molecule has 1 unspecified atom stereocenters. The van der Waals surface area contributed by atoms with Crippen molar-refractivity contribution in [2.45, 2.75) is 18.7 Å². The zero-order chi connectivity index (χ0) is 9.07. The molecule has 0 spiro atoms. The Morgan fingerprint density at radius 3 is 2.00 bits per heavy atom. The molecule has 0 radical (unpaired) electrons. The fraction of sp³-hybridized carbons (Fsp3) is 1.00. The van der Waals surface area contributed by atoms with E-state index >= 15 is 0 Å². The summed E-state index contributed by atoms with van der Waals surface area (Å²) in [5.74, 6) is 0. The van der Waals surface area contributed by atoms with E-state index in [1.807, 2.05) is 6.92 Å². The van der Waals surface area contributed by atoms with Crippen molar-refractivity contribution in [2.75, 3.05) is 21.1 Å². The second kappa shape index (κ2) is 4.04. The summed E-state index contributed by atoms with van der Waals surface area (Å²) in [6, 6.07) is 0. The molecule has 0 aliphatic heterocycles. The molecule has 0 aliphatic carbocycles. The van der Waals surface area contributed by atoms with Crippen LogP contribution in [0.1, 0.15) is 13.3 Å². The van der Waals surface area contributed by atoms with Crippen molar-refractivity contribution in [3.8, 4) is 0 Å². The number of hydrogen-bond acceptors (Lipinski definition) is 3. The standard InChI is InChI=1S/C6H16N2O2S/c1-5-6(8(3)4)11(9,10)7-2/h6-7H,5H2,1-4H3.